The van der Waals surface area contributed by atoms with Crippen molar-refractivity contribution in [1.29, 1.82) is 0 Å². The Labute approximate surface area is 149 Å². The molecule has 0 saturated heterocycles. The lowest BCUT2D eigenvalue weighted by Crippen LogP contribution is -2.11. The Balaban J connectivity index is 1.81. The van der Waals surface area contributed by atoms with Crippen LogP contribution >= 0.6 is 11.6 Å². The molecule has 4 rings (SSSR count). The lowest BCUT2D eigenvalue weighted by atomic mass is 10.1. The first-order chi connectivity index (χ1) is 12.0. The molecule has 0 spiro atoms. The summed E-state index contributed by atoms with van der Waals surface area (Å²) >= 11 is 6.09. The molecule has 1 aliphatic heterocycles. The fourth-order valence-corrected chi connectivity index (χ4v) is 3.00. The molecule has 0 amide bonds. The molecule has 6 nitrogen and oxygen atoms in total. The Hall–Kier alpha value is -2.86. The van der Waals surface area contributed by atoms with Crippen LogP contribution in [-0.2, 0) is 0 Å². The minimum atomic E-state index is -0.318. The Morgan fingerprint density at radius 2 is 1.96 bits per heavy atom. The third kappa shape index (κ3) is 2.74. The number of hydrogen-bond donors (Lipinski definition) is 2. The highest BCUT2D eigenvalue weighted by atomic mass is 35.5. The number of pyridine rings is 1. The quantitative estimate of drug-likeness (QED) is 0.726. The number of benzene rings is 2. The number of nitrogen functional groups attached to an aromatic ring is 1. The maximum Gasteiger partial charge on any atom is 0.238 e. The van der Waals surface area contributed by atoms with E-state index in [1.807, 2.05) is 31.2 Å². The van der Waals surface area contributed by atoms with Gasteiger partial charge >= 0.3 is 0 Å². The second-order valence-electron chi connectivity index (χ2n) is 5.68. The first-order valence-electron chi connectivity index (χ1n) is 7.71. The number of rotatable bonds is 3. The number of anilines is 3. The van der Waals surface area contributed by atoms with Crippen molar-refractivity contribution in [3.63, 3.8) is 0 Å². The van der Waals surface area contributed by atoms with Gasteiger partial charge in [-0.15, -0.1) is 0 Å². The van der Waals surface area contributed by atoms with Crippen LogP contribution in [0.25, 0.3) is 10.9 Å². The van der Waals surface area contributed by atoms with Crippen molar-refractivity contribution >= 4 is 39.6 Å². The number of aromatic nitrogens is 1. The average molecular weight is 358 g/mol. The predicted octanol–water partition coefficient (Wildman–Crippen LogP) is 4.34. The van der Waals surface area contributed by atoms with Crippen LogP contribution in [-0.4, -0.2) is 18.4 Å². The van der Waals surface area contributed by atoms with Gasteiger partial charge in [0.2, 0.25) is 6.29 Å². The van der Waals surface area contributed by atoms with Crippen molar-refractivity contribution in [1.82, 2.24) is 4.98 Å². The SMILES string of the molecule is COc1cc(Nc2c(N)cnc3cc4c(cc23)OC(C)O4)ccc1Cl. The topological polar surface area (TPSA) is 78.6 Å². The van der Waals surface area contributed by atoms with E-state index in [2.05, 4.69) is 10.3 Å². The van der Waals surface area contributed by atoms with Crippen molar-refractivity contribution < 1.29 is 14.2 Å². The van der Waals surface area contributed by atoms with Gasteiger partial charge in [-0.25, -0.2) is 0 Å². The van der Waals surface area contributed by atoms with E-state index in [4.69, 9.17) is 31.5 Å². The number of fused-ring (bicyclic) bond motifs is 2. The van der Waals surface area contributed by atoms with Gasteiger partial charge in [0.25, 0.3) is 0 Å². The van der Waals surface area contributed by atoms with E-state index in [-0.39, 0.29) is 6.29 Å². The highest BCUT2D eigenvalue weighted by Crippen LogP contribution is 2.42. The van der Waals surface area contributed by atoms with E-state index in [0.29, 0.717) is 28.0 Å². The summed E-state index contributed by atoms with van der Waals surface area (Å²) < 4.78 is 16.5. The molecule has 3 N–H and O–H groups in total. The molecule has 3 aromatic rings. The van der Waals surface area contributed by atoms with Gasteiger partial charge in [-0.3, -0.25) is 4.98 Å². The van der Waals surface area contributed by atoms with E-state index >= 15 is 0 Å². The van der Waals surface area contributed by atoms with Gasteiger partial charge in [-0.2, -0.15) is 0 Å². The van der Waals surface area contributed by atoms with E-state index in [1.165, 1.54) is 0 Å². The first-order valence-corrected chi connectivity index (χ1v) is 8.09. The zero-order valence-corrected chi connectivity index (χ0v) is 14.4. The fraction of sp³-hybridized carbons (Fsp3) is 0.167. The van der Waals surface area contributed by atoms with E-state index in [0.717, 1.165) is 22.3 Å². The van der Waals surface area contributed by atoms with Gasteiger partial charge < -0.3 is 25.3 Å². The number of methoxy groups -OCH3 is 1. The number of nitrogens with zero attached hydrogens (tertiary/aromatic N) is 1. The largest absolute Gasteiger partial charge is 0.495 e. The molecule has 2 aromatic carbocycles. The smallest absolute Gasteiger partial charge is 0.238 e. The molecule has 1 aromatic heterocycles. The summed E-state index contributed by atoms with van der Waals surface area (Å²) in [6, 6.07) is 9.15. The van der Waals surface area contributed by atoms with Gasteiger partial charge in [0.05, 0.1) is 35.2 Å². The second kappa shape index (κ2) is 5.89. The van der Waals surface area contributed by atoms with Gasteiger partial charge in [0.1, 0.15) is 5.75 Å². The molecule has 0 bridgehead atoms. The molecule has 0 fully saturated rings. The summed E-state index contributed by atoms with van der Waals surface area (Å²) in [6.07, 6.45) is 1.30. The number of ether oxygens (including phenoxy) is 3. The number of nitrogens with two attached hydrogens (primary N) is 1. The lowest BCUT2D eigenvalue weighted by molar-refractivity contribution is 0.0679. The molecular formula is C18H16ClN3O3. The van der Waals surface area contributed by atoms with Crippen LogP contribution in [0.5, 0.6) is 17.2 Å². The predicted molar refractivity (Wildman–Crippen MR) is 98.2 cm³/mol. The molecule has 0 saturated carbocycles. The second-order valence-corrected chi connectivity index (χ2v) is 6.09. The van der Waals surface area contributed by atoms with Crippen LogP contribution in [0.1, 0.15) is 6.92 Å². The van der Waals surface area contributed by atoms with Crippen LogP contribution in [0.4, 0.5) is 17.1 Å². The van der Waals surface area contributed by atoms with Crippen LogP contribution in [0, 0.1) is 0 Å². The molecule has 1 aliphatic rings. The van der Waals surface area contributed by atoms with Gasteiger partial charge in [-0.1, -0.05) is 11.6 Å². The van der Waals surface area contributed by atoms with Gasteiger partial charge in [-0.05, 0) is 18.2 Å². The van der Waals surface area contributed by atoms with Crippen LogP contribution in [0.15, 0.2) is 36.5 Å². The summed E-state index contributed by atoms with van der Waals surface area (Å²) in [5.74, 6) is 1.93. The van der Waals surface area contributed by atoms with E-state index in [1.54, 1.807) is 19.4 Å². The molecule has 7 heteroatoms. The number of halogens is 1. The maximum atomic E-state index is 6.15. The monoisotopic (exact) mass is 357 g/mol. The van der Waals surface area contributed by atoms with E-state index < -0.39 is 0 Å². The Kier molecular flexibility index (Phi) is 3.69. The summed E-state index contributed by atoms with van der Waals surface area (Å²) in [5.41, 5.74) is 8.97. The summed E-state index contributed by atoms with van der Waals surface area (Å²) in [4.78, 5) is 4.39. The summed E-state index contributed by atoms with van der Waals surface area (Å²) in [7, 11) is 1.57. The zero-order chi connectivity index (χ0) is 17.6. The zero-order valence-electron chi connectivity index (χ0n) is 13.7. The normalized spacial score (nSPS) is 15.4. The van der Waals surface area contributed by atoms with Crippen LogP contribution in [0.3, 0.4) is 0 Å². The molecule has 25 heavy (non-hydrogen) atoms. The Bertz CT molecular complexity index is 977. The number of hydrogen-bond acceptors (Lipinski definition) is 6. The molecule has 0 radical (unpaired) electrons. The molecular weight excluding hydrogens is 342 g/mol. The van der Waals surface area contributed by atoms with Crippen molar-refractivity contribution in [3.05, 3.63) is 41.6 Å². The highest BCUT2D eigenvalue weighted by molar-refractivity contribution is 6.32. The van der Waals surface area contributed by atoms with E-state index in [9.17, 15) is 0 Å². The van der Waals surface area contributed by atoms with Crippen LogP contribution in [0.2, 0.25) is 5.02 Å². The maximum absolute atomic E-state index is 6.15. The van der Waals surface area contributed by atoms with Crippen molar-refractivity contribution in [2.75, 3.05) is 18.2 Å². The Morgan fingerprint density at radius 1 is 1.20 bits per heavy atom. The van der Waals surface area contributed by atoms with Crippen molar-refractivity contribution in [2.24, 2.45) is 0 Å². The average Bonchev–Trinajstić information content (AvgIpc) is 2.96. The molecule has 0 aliphatic carbocycles. The standard InChI is InChI=1S/C18H16ClN3O3/c1-9-24-16-6-11-14(7-17(16)25-9)21-8-13(20)18(11)22-10-3-4-12(19)15(5-10)23-2/h3-9H,20H2,1-2H3,(H,21,22). The first kappa shape index (κ1) is 15.7. The van der Waals surface area contributed by atoms with Crippen molar-refractivity contribution in [2.45, 2.75) is 13.2 Å². The van der Waals surface area contributed by atoms with Gasteiger partial charge in [0.15, 0.2) is 11.5 Å². The van der Waals surface area contributed by atoms with Crippen molar-refractivity contribution in [3.8, 4) is 17.2 Å². The highest BCUT2D eigenvalue weighted by Gasteiger charge is 2.22. The van der Waals surface area contributed by atoms with Crippen LogP contribution < -0.4 is 25.3 Å². The van der Waals surface area contributed by atoms with Gasteiger partial charge in [0, 0.05) is 30.1 Å². The molecule has 2 heterocycles. The Morgan fingerprint density at radius 3 is 2.72 bits per heavy atom. The third-order valence-electron chi connectivity index (χ3n) is 3.97. The third-order valence-corrected chi connectivity index (χ3v) is 4.28. The number of nitrogens with one attached hydrogen (secondary N) is 1. The summed E-state index contributed by atoms with van der Waals surface area (Å²) in [6.45, 7) is 1.84. The minimum absolute atomic E-state index is 0.318. The molecule has 1 unspecified atom stereocenters. The summed E-state index contributed by atoms with van der Waals surface area (Å²) in [5, 5.41) is 4.70. The lowest BCUT2D eigenvalue weighted by Gasteiger charge is -2.14. The molecule has 128 valence electrons. The molecule has 1 atom stereocenters. The fourth-order valence-electron chi connectivity index (χ4n) is 2.80. The minimum Gasteiger partial charge on any atom is -0.495 e.